The van der Waals surface area contributed by atoms with Crippen LogP contribution in [-0.2, 0) is 6.54 Å². The Morgan fingerprint density at radius 3 is 3.00 bits per heavy atom. The van der Waals surface area contributed by atoms with Crippen LogP contribution in [0.3, 0.4) is 0 Å². The first-order chi connectivity index (χ1) is 8.80. The van der Waals surface area contributed by atoms with Crippen LogP contribution in [-0.4, -0.2) is 12.6 Å². The van der Waals surface area contributed by atoms with Crippen LogP contribution in [0.1, 0.15) is 25.3 Å². The molecule has 1 N–H and O–H groups in total. The molecule has 1 rings (SSSR count). The van der Waals surface area contributed by atoms with Gasteiger partial charge in [-0.25, -0.2) is 0 Å². The van der Waals surface area contributed by atoms with E-state index in [1.807, 2.05) is 30.3 Å². The lowest BCUT2D eigenvalue weighted by atomic mass is 10.1. The van der Waals surface area contributed by atoms with Gasteiger partial charge in [0, 0.05) is 6.54 Å². The fourth-order valence-electron chi connectivity index (χ4n) is 1.63. The summed E-state index contributed by atoms with van der Waals surface area (Å²) in [6, 6.07) is 9.73. The van der Waals surface area contributed by atoms with Crippen LogP contribution in [0.2, 0.25) is 0 Å². The highest BCUT2D eigenvalue weighted by atomic mass is 16.5. The number of nitrogens with zero attached hydrogens (tertiary/aromatic N) is 1. The van der Waals surface area contributed by atoms with Gasteiger partial charge < -0.3 is 4.74 Å². The number of benzene rings is 1. The van der Waals surface area contributed by atoms with Gasteiger partial charge in [0.15, 0.2) is 6.61 Å². The fraction of sp³-hybridized carbons (Fsp3) is 0.400. The van der Waals surface area contributed by atoms with E-state index in [1.165, 1.54) is 0 Å². The molecule has 3 heteroatoms. The van der Waals surface area contributed by atoms with Gasteiger partial charge in [0.1, 0.15) is 11.8 Å². The zero-order valence-electron chi connectivity index (χ0n) is 10.6. The molecule has 0 fully saturated rings. The highest BCUT2D eigenvalue weighted by molar-refractivity contribution is 5.28. The van der Waals surface area contributed by atoms with Crippen molar-refractivity contribution in [3.8, 4) is 24.2 Å². The van der Waals surface area contributed by atoms with Crippen molar-refractivity contribution in [2.45, 2.75) is 32.4 Å². The quantitative estimate of drug-likeness (QED) is 0.747. The first-order valence-corrected chi connectivity index (χ1v) is 6.08. The van der Waals surface area contributed by atoms with Crippen molar-refractivity contribution >= 4 is 0 Å². The number of ether oxygens (including phenoxy) is 1. The second-order valence-electron chi connectivity index (χ2n) is 3.98. The zero-order valence-corrected chi connectivity index (χ0v) is 10.6. The van der Waals surface area contributed by atoms with E-state index in [2.05, 4.69) is 18.2 Å². The number of terminal acetylenes is 1. The molecule has 0 spiro atoms. The predicted molar refractivity (Wildman–Crippen MR) is 71.9 cm³/mol. The minimum absolute atomic E-state index is 0.0691. The largest absolute Gasteiger partial charge is 0.479 e. The van der Waals surface area contributed by atoms with Gasteiger partial charge in [-0.2, -0.15) is 5.26 Å². The third-order valence-electron chi connectivity index (χ3n) is 2.53. The second-order valence-corrected chi connectivity index (χ2v) is 3.98. The number of hydrogen-bond acceptors (Lipinski definition) is 3. The molecule has 0 aliphatic carbocycles. The van der Waals surface area contributed by atoms with Crippen molar-refractivity contribution in [3.05, 3.63) is 29.8 Å². The van der Waals surface area contributed by atoms with E-state index >= 15 is 0 Å². The standard InChI is InChI=1S/C15H18N2O/c1-3-6-14(4-2)17-12-13-7-5-8-15(11-13)18-10-9-16/h2,5,7-8,11,14,17H,3,6,10,12H2,1H3. The van der Waals surface area contributed by atoms with Crippen LogP contribution in [0.4, 0.5) is 0 Å². The van der Waals surface area contributed by atoms with E-state index in [0.717, 1.165) is 18.4 Å². The molecule has 0 amide bonds. The summed E-state index contributed by atoms with van der Waals surface area (Å²) in [5.41, 5.74) is 1.10. The van der Waals surface area contributed by atoms with Crippen LogP contribution in [0.5, 0.6) is 5.75 Å². The Labute approximate surface area is 109 Å². The van der Waals surface area contributed by atoms with Crippen LogP contribution < -0.4 is 10.1 Å². The number of nitriles is 1. The Hall–Kier alpha value is -1.97. The number of hydrogen-bond donors (Lipinski definition) is 1. The SMILES string of the molecule is C#CC(CCC)NCc1cccc(OCC#N)c1. The summed E-state index contributed by atoms with van der Waals surface area (Å²) in [6.07, 6.45) is 7.48. The van der Waals surface area contributed by atoms with Gasteiger partial charge in [0.05, 0.1) is 6.04 Å². The number of rotatable bonds is 7. The zero-order chi connectivity index (χ0) is 13.2. The average Bonchev–Trinajstić information content (AvgIpc) is 2.41. The molecular formula is C15H18N2O. The molecule has 0 bridgehead atoms. The maximum absolute atomic E-state index is 8.45. The normalized spacial score (nSPS) is 11.3. The molecule has 0 aliphatic rings. The molecule has 1 unspecified atom stereocenters. The smallest absolute Gasteiger partial charge is 0.174 e. The van der Waals surface area contributed by atoms with Crippen molar-refractivity contribution in [2.75, 3.05) is 6.61 Å². The molecule has 94 valence electrons. The molecule has 1 atom stereocenters. The van der Waals surface area contributed by atoms with Crippen LogP contribution >= 0.6 is 0 Å². The lowest BCUT2D eigenvalue weighted by molar-refractivity contribution is 0.367. The maximum atomic E-state index is 8.45. The van der Waals surface area contributed by atoms with Crippen LogP contribution in [0, 0.1) is 23.7 Å². The molecule has 0 aromatic heterocycles. The van der Waals surface area contributed by atoms with E-state index in [-0.39, 0.29) is 12.6 Å². The lowest BCUT2D eigenvalue weighted by Gasteiger charge is -2.12. The fourth-order valence-corrected chi connectivity index (χ4v) is 1.63. The lowest BCUT2D eigenvalue weighted by Crippen LogP contribution is -2.26. The molecular weight excluding hydrogens is 224 g/mol. The minimum atomic E-state index is 0.0691. The monoisotopic (exact) mass is 242 g/mol. The van der Waals surface area contributed by atoms with Crippen molar-refractivity contribution in [1.29, 1.82) is 5.26 Å². The molecule has 1 aromatic carbocycles. The van der Waals surface area contributed by atoms with E-state index in [9.17, 15) is 0 Å². The Morgan fingerprint density at radius 1 is 1.50 bits per heavy atom. The summed E-state index contributed by atoms with van der Waals surface area (Å²) in [4.78, 5) is 0. The van der Waals surface area contributed by atoms with Crippen molar-refractivity contribution < 1.29 is 4.74 Å². The predicted octanol–water partition coefficient (Wildman–Crippen LogP) is 2.48. The Bertz CT molecular complexity index is 443. The van der Waals surface area contributed by atoms with E-state index < -0.39 is 0 Å². The van der Waals surface area contributed by atoms with E-state index in [0.29, 0.717) is 12.3 Å². The summed E-state index contributed by atoms with van der Waals surface area (Å²) in [7, 11) is 0. The summed E-state index contributed by atoms with van der Waals surface area (Å²) >= 11 is 0. The Morgan fingerprint density at radius 2 is 2.33 bits per heavy atom. The maximum Gasteiger partial charge on any atom is 0.174 e. The third-order valence-corrected chi connectivity index (χ3v) is 2.53. The summed E-state index contributed by atoms with van der Waals surface area (Å²) in [6.45, 7) is 2.89. The molecule has 0 radical (unpaired) electrons. The molecule has 0 saturated heterocycles. The van der Waals surface area contributed by atoms with Gasteiger partial charge in [-0.05, 0) is 24.1 Å². The highest BCUT2D eigenvalue weighted by Gasteiger charge is 2.03. The van der Waals surface area contributed by atoms with Gasteiger partial charge in [-0.1, -0.05) is 31.4 Å². The molecule has 0 aliphatic heterocycles. The van der Waals surface area contributed by atoms with E-state index in [4.69, 9.17) is 16.4 Å². The van der Waals surface area contributed by atoms with Crippen LogP contribution in [0.15, 0.2) is 24.3 Å². The topological polar surface area (TPSA) is 45.0 Å². The molecule has 0 saturated carbocycles. The summed E-state index contributed by atoms with van der Waals surface area (Å²) in [5.74, 6) is 3.45. The van der Waals surface area contributed by atoms with Crippen molar-refractivity contribution in [1.82, 2.24) is 5.32 Å². The average molecular weight is 242 g/mol. The first kappa shape index (κ1) is 14.1. The summed E-state index contributed by atoms with van der Waals surface area (Å²) in [5, 5.41) is 11.8. The van der Waals surface area contributed by atoms with Gasteiger partial charge in [-0.15, -0.1) is 6.42 Å². The van der Waals surface area contributed by atoms with Gasteiger partial charge in [0.2, 0.25) is 0 Å². The van der Waals surface area contributed by atoms with E-state index in [1.54, 1.807) is 0 Å². The molecule has 0 heterocycles. The van der Waals surface area contributed by atoms with Crippen LogP contribution in [0.25, 0.3) is 0 Å². The molecule has 3 nitrogen and oxygen atoms in total. The van der Waals surface area contributed by atoms with Gasteiger partial charge >= 0.3 is 0 Å². The Balaban J connectivity index is 2.52. The molecule has 1 aromatic rings. The highest BCUT2D eigenvalue weighted by Crippen LogP contribution is 2.13. The summed E-state index contributed by atoms with van der Waals surface area (Å²) < 4.78 is 5.25. The van der Waals surface area contributed by atoms with Crippen molar-refractivity contribution in [3.63, 3.8) is 0 Å². The Kier molecular flexibility index (Phi) is 6.40. The van der Waals surface area contributed by atoms with Gasteiger partial charge in [0.25, 0.3) is 0 Å². The third kappa shape index (κ3) is 4.91. The van der Waals surface area contributed by atoms with Crippen molar-refractivity contribution in [2.24, 2.45) is 0 Å². The van der Waals surface area contributed by atoms with Gasteiger partial charge in [-0.3, -0.25) is 5.32 Å². The second kappa shape index (κ2) is 8.17. The number of nitrogens with one attached hydrogen (secondary N) is 1. The minimum Gasteiger partial charge on any atom is -0.479 e. The molecule has 18 heavy (non-hydrogen) atoms. The first-order valence-electron chi connectivity index (χ1n) is 6.08.